The van der Waals surface area contributed by atoms with Crippen molar-refractivity contribution >= 4 is 5.91 Å². The van der Waals surface area contributed by atoms with Crippen LogP contribution in [0, 0.1) is 0 Å². The first-order valence-corrected chi connectivity index (χ1v) is 9.98. The predicted octanol–water partition coefficient (Wildman–Crippen LogP) is 4.91. The topological polar surface area (TPSA) is 42.4 Å². The minimum Gasteiger partial charge on any atom is -0.470 e. The molecular formula is C24H21F3N2O2. The van der Waals surface area contributed by atoms with Crippen molar-refractivity contribution in [1.29, 1.82) is 0 Å². The molecule has 7 heteroatoms. The van der Waals surface area contributed by atoms with Gasteiger partial charge in [0.1, 0.15) is 11.7 Å². The zero-order valence-electron chi connectivity index (χ0n) is 16.6. The fraction of sp³-hybridized carbons (Fsp3) is 0.250. The SMILES string of the molecule is O=C(CC(c1ccccc1)c1ccccc1)N1CC(Oc2ncccc2C(F)(F)F)C1. The smallest absolute Gasteiger partial charge is 0.421 e. The van der Waals surface area contributed by atoms with Crippen LogP contribution in [0.1, 0.15) is 29.0 Å². The maximum Gasteiger partial charge on any atom is 0.421 e. The van der Waals surface area contributed by atoms with Crippen molar-refractivity contribution in [2.45, 2.75) is 24.6 Å². The highest BCUT2D eigenvalue weighted by molar-refractivity contribution is 5.78. The molecule has 0 radical (unpaired) electrons. The number of aromatic nitrogens is 1. The highest BCUT2D eigenvalue weighted by atomic mass is 19.4. The first kappa shape index (κ1) is 20.9. The average molecular weight is 426 g/mol. The highest BCUT2D eigenvalue weighted by Crippen LogP contribution is 2.36. The summed E-state index contributed by atoms with van der Waals surface area (Å²) in [5, 5.41) is 0. The van der Waals surface area contributed by atoms with Gasteiger partial charge in [-0.3, -0.25) is 4.79 Å². The molecule has 0 unspecified atom stereocenters. The minimum atomic E-state index is -4.54. The lowest BCUT2D eigenvalue weighted by molar-refractivity contribution is -0.145. The Morgan fingerprint density at radius 1 is 0.968 bits per heavy atom. The number of hydrogen-bond acceptors (Lipinski definition) is 3. The Balaban J connectivity index is 1.40. The lowest BCUT2D eigenvalue weighted by Gasteiger charge is -2.39. The van der Waals surface area contributed by atoms with Gasteiger partial charge in [0.25, 0.3) is 0 Å². The summed E-state index contributed by atoms with van der Waals surface area (Å²) in [7, 11) is 0. The first-order valence-electron chi connectivity index (χ1n) is 9.98. The normalized spacial score (nSPS) is 14.4. The van der Waals surface area contributed by atoms with E-state index in [9.17, 15) is 18.0 Å². The molecule has 0 spiro atoms. The van der Waals surface area contributed by atoms with Gasteiger partial charge in [-0.1, -0.05) is 60.7 Å². The molecular weight excluding hydrogens is 405 g/mol. The largest absolute Gasteiger partial charge is 0.470 e. The zero-order valence-corrected chi connectivity index (χ0v) is 16.6. The summed E-state index contributed by atoms with van der Waals surface area (Å²) in [5.74, 6) is -0.601. The van der Waals surface area contributed by atoms with Crippen molar-refractivity contribution < 1.29 is 22.7 Å². The molecule has 1 aliphatic rings. The van der Waals surface area contributed by atoms with E-state index in [-0.39, 0.29) is 31.3 Å². The summed E-state index contributed by atoms with van der Waals surface area (Å²) in [6, 6.07) is 21.7. The maximum atomic E-state index is 13.1. The van der Waals surface area contributed by atoms with Crippen molar-refractivity contribution in [2.24, 2.45) is 0 Å². The van der Waals surface area contributed by atoms with E-state index in [4.69, 9.17) is 4.74 Å². The van der Waals surface area contributed by atoms with Gasteiger partial charge in [-0.25, -0.2) is 4.98 Å². The van der Waals surface area contributed by atoms with Crippen LogP contribution in [0.4, 0.5) is 13.2 Å². The molecule has 2 aromatic carbocycles. The van der Waals surface area contributed by atoms with Crippen LogP contribution in [-0.2, 0) is 11.0 Å². The number of carbonyl (C=O) groups is 1. The summed E-state index contributed by atoms with van der Waals surface area (Å²) in [4.78, 5) is 18.2. The zero-order chi connectivity index (χ0) is 21.8. The third-order valence-corrected chi connectivity index (χ3v) is 5.34. The molecule has 0 saturated carbocycles. The second-order valence-corrected chi connectivity index (χ2v) is 7.47. The van der Waals surface area contributed by atoms with Crippen LogP contribution in [0.3, 0.4) is 0 Å². The van der Waals surface area contributed by atoms with Crippen LogP contribution in [0.2, 0.25) is 0 Å². The fourth-order valence-corrected chi connectivity index (χ4v) is 3.68. The number of rotatable bonds is 6. The monoisotopic (exact) mass is 426 g/mol. The Hall–Kier alpha value is -3.35. The summed E-state index contributed by atoms with van der Waals surface area (Å²) < 4.78 is 44.8. The van der Waals surface area contributed by atoms with Gasteiger partial charge < -0.3 is 9.64 Å². The van der Waals surface area contributed by atoms with Gasteiger partial charge in [0, 0.05) is 18.5 Å². The third kappa shape index (κ3) is 4.87. The minimum absolute atomic E-state index is 0.0605. The van der Waals surface area contributed by atoms with E-state index in [2.05, 4.69) is 4.98 Å². The van der Waals surface area contributed by atoms with E-state index in [0.717, 1.165) is 17.2 Å². The maximum absolute atomic E-state index is 13.1. The molecule has 0 aliphatic carbocycles. The summed E-state index contributed by atoms with van der Waals surface area (Å²) in [6.07, 6.45) is -3.51. The van der Waals surface area contributed by atoms with Crippen LogP contribution in [0.5, 0.6) is 5.88 Å². The highest BCUT2D eigenvalue weighted by Gasteiger charge is 2.38. The van der Waals surface area contributed by atoms with Crippen molar-refractivity contribution in [3.05, 3.63) is 95.7 Å². The molecule has 2 heterocycles. The van der Waals surface area contributed by atoms with Gasteiger partial charge in [0.05, 0.1) is 13.1 Å². The number of amides is 1. The molecule has 0 N–H and O–H groups in total. The number of ether oxygens (including phenoxy) is 1. The quantitative estimate of drug-likeness (QED) is 0.562. The Bertz CT molecular complexity index is 980. The molecule has 1 aromatic heterocycles. The fourth-order valence-electron chi connectivity index (χ4n) is 3.68. The molecule has 1 fully saturated rings. The van der Waals surface area contributed by atoms with Crippen molar-refractivity contribution in [2.75, 3.05) is 13.1 Å². The van der Waals surface area contributed by atoms with Gasteiger partial charge >= 0.3 is 6.18 Å². The first-order chi connectivity index (χ1) is 14.9. The molecule has 1 aliphatic heterocycles. The lowest BCUT2D eigenvalue weighted by Crippen LogP contribution is -2.56. The standard InChI is InChI=1S/C24H21F3N2O2/c25-24(26,27)21-12-7-13-28-23(21)31-19-15-29(16-19)22(30)14-20(17-8-3-1-4-9-17)18-10-5-2-6-11-18/h1-13,19-20H,14-16H2. The molecule has 3 aromatic rings. The van der Waals surface area contributed by atoms with Crippen LogP contribution < -0.4 is 4.74 Å². The Morgan fingerprint density at radius 3 is 2.10 bits per heavy atom. The van der Waals surface area contributed by atoms with E-state index >= 15 is 0 Å². The van der Waals surface area contributed by atoms with Gasteiger partial charge in [-0.05, 0) is 23.3 Å². The number of halogens is 3. The van der Waals surface area contributed by atoms with Gasteiger partial charge in [-0.15, -0.1) is 0 Å². The number of benzene rings is 2. The van der Waals surface area contributed by atoms with Crippen LogP contribution in [-0.4, -0.2) is 35.0 Å². The Morgan fingerprint density at radius 2 is 1.55 bits per heavy atom. The summed E-state index contributed by atoms with van der Waals surface area (Å²) >= 11 is 0. The van der Waals surface area contributed by atoms with Crippen LogP contribution >= 0.6 is 0 Å². The van der Waals surface area contributed by atoms with Crippen molar-refractivity contribution in [3.8, 4) is 5.88 Å². The number of hydrogen-bond donors (Lipinski definition) is 0. The molecule has 4 nitrogen and oxygen atoms in total. The van der Waals surface area contributed by atoms with Gasteiger partial charge in [0.15, 0.2) is 0 Å². The van der Waals surface area contributed by atoms with E-state index in [1.54, 1.807) is 4.90 Å². The van der Waals surface area contributed by atoms with Gasteiger partial charge in [-0.2, -0.15) is 13.2 Å². The Labute approximate surface area is 178 Å². The van der Waals surface area contributed by atoms with Crippen molar-refractivity contribution in [3.63, 3.8) is 0 Å². The third-order valence-electron chi connectivity index (χ3n) is 5.34. The summed E-state index contributed by atoms with van der Waals surface area (Å²) in [5.41, 5.74) is 1.17. The molecule has 1 amide bonds. The molecule has 31 heavy (non-hydrogen) atoms. The van der Waals surface area contributed by atoms with Crippen molar-refractivity contribution in [1.82, 2.24) is 9.88 Å². The van der Waals surface area contributed by atoms with Gasteiger partial charge in [0.2, 0.25) is 11.8 Å². The van der Waals surface area contributed by atoms with E-state index in [1.165, 1.54) is 12.3 Å². The number of nitrogens with zero attached hydrogens (tertiary/aromatic N) is 2. The number of alkyl halides is 3. The lowest BCUT2D eigenvalue weighted by atomic mass is 9.88. The van der Waals surface area contributed by atoms with Crippen LogP contribution in [0.15, 0.2) is 79.0 Å². The molecule has 1 saturated heterocycles. The van der Waals surface area contributed by atoms with Crippen LogP contribution in [0.25, 0.3) is 0 Å². The molecule has 0 atom stereocenters. The second-order valence-electron chi connectivity index (χ2n) is 7.47. The molecule has 0 bridgehead atoms. The number of carbonyl (C=O) groups excluding carboxylic acids is 1. The van der Waals surface area contributed by atoms with E-state index < -0.39 is 23.7 Å². The molecule has 4 rings (SSSR count). The Kier molecular flexibility index (Phi) is 5.93. The number of pyridine rings is 1. The number of likely N-dealkylation sites (tertiary alicyclic amines) is 1. The second kappa shape index (κ2) is 8.79. The summed E-state index contributed by atoms with van der Waals surface area (Å²) in [6.45, 7) is 0.478. The predicted molar refractivity (Wildman–Crippen MR) is 110 cm³/mol. The van der Waals surface area contributed by atoms with E-state index in [0.29, 0.717) is 0 Å². The van der Waals surface area contributed by atoms with E-state index in [1.807, 2.05) is 60.7 Å². The molecule has 160 valence electrons. The average Bonchev–Trinajstić information content (AvgIpc) is 2.75.